The highest BCUT2D eigenvalue weighted by Gasteiger charge is 2.53. The Morgan fingerprint density at radius 3 is 2.63 bits per heavy atom. The molecule has 1 atom stereocenters. The second-order valence-corrected chi connectivity index (χ2v) is 8.08. The summed E-state index contributed by atoms with van der Waals surface area (Å²) in [5, 5.41) is 13.4. The summed E-state index contributed by atoms with van der Waals surface area (Å²) in [6, 6.07) is 13.1. The number of thioether (sulfide) groups is 1. The number of benzene rings is 2. The number of amidine groups is 1. The molecule has 0 saturated carbocycles. The third-order valence-electron chi connectivity index (χ3n) is 5.03. The number of aliphatic hydroxyl groups is 1. The Hall–Kier alpha value is -1.89. The third-order valence-corrected chi connectivity index (χ3v) is 6.47. The topological polar surface area (TPSA) is 44.9 Å². The molecule has 2 aromatic carbocycles. The van der Waals surface area contributed by atoms with E-state index < -0.39 is 5.72 Å². The standard InChI is InChI=1S/C20H22ClN2O3S/c1-25-16-8-9-18(26-2)17(12-16)22-13-20(24,14-4-6-15(21)7-5-14)23-10-3-11-27-19(22)23/h4-9,12,24H,3,10-11,13H2,1-2H3/q+1/t20-/m1/s1. The van der Waals surface area contributed by atoms with Gasteiger partial charge in [-0.3, -0.25) is 0 Å². The van der Waals surface area contributed by atoms with Crippen LogP contribution in [0.5, 0.6) is 11.5 Å². The summed E-state index contributed by atoms with van der Waals surface area (Å²) in [5.41, 5.74) is 0.592. The maximum atomic E-state index is 11.7. The van der Waals surface area contributed by atoms with Gasteiger partial charge in [-0.1, -0.05) is 23.7 Å². The summed E-state index contributed by atoms with van der Waals surface area (Å²) in [4.78, 5) is 2.12. The number of hydrogen-bond donors (Lipinski definition) is 1. The van der Waals surface area contributed by atoms with Crippen LogP contribution in [-0.2, 0) is 5.72 Å². The molecule has 2 aliphatic rings. The van der Waals surface area contributed by atoms with Crippen molar-refractivity contribution in [3.8, 4) is 11.5 Å². The van der Waals surface area contributed by atoms with Crippen molar-refractivity contribution in [2.45, 2.75) is 12.1 Å². The van der Waals surface area contributed by atoms with Gasteiger partial charge in [0, 0.05) is 22.4 Å². The largest absolute Gasteiger partial charge is 0.497 e. The first-order valence-corrected chi connectivity index (χ1v) is 10.2. The smallest absolute Gasteiger partial charge is 0.316 e. The lowest BCUT2D eigenvalue weighted by atomic mass is 10.0. The first kappa shape index (κ1) is 18.5. The summed E-state index contributed by atoms with van der Waals surface area (Å²) in [5.74, 6) is 2.51. The number of rotatable bonds is 4. The summed E-state index contributed by atoms with van der Waals surface area (Å²) in [6.45, 7) is 1.20. The molecule has 4 rings (SSSR count). The molecule has 0 saturated heterocycles. The van der Waals surface area contributed by atoms with E-state index in [1.54, 1.807) is 26.0 Å². The predicted molar refractivity (Wildman–Crippen MR) is 109 cm³/mol. The fourth-order valence-electron chi connectivity index (χ4n) is 3.66. The number of methoxy groups -OCH3 is 2. The highest BCUT2D eigenvalue weighted by atomic mass is 35.5. The molecule has 0 bridgehead atoms. The van der Waals surface area contributed by atoms with Gasteiger partial charge in [0.15, 0.2) is 18.0 Å². The second kappa shape index (κ2) is 7.26. The Kier molecular flexibility index (Phi) is 4.97. The molecule has 2 aliphatic heterocycles. The summed E-state index contributed by atoms with van der Waals surface area (Å²) in [6.07, 6.45) is 1.02. The molecule has 1 N–H and O–H groups in total. The second-order valence-electron chi connectivity index (χ2n) is 6.58. The van der Waals surface area contributed by atoms with Gasteiger partial charge in [-0.05, 0) is 42.4 Å². The van der Waals surface area contributed by atoms with Crippen molar-refractivity contribution >= 4 is 34.2 Å². The Morgan fingerprint density at radius 1 is 1.15 bits per heavy atom. The highest BCUT2D eigenvalue weighted by molar-refractivity contribution is 8.13. The quantitative estimate of drug-likeness (QED) is 0.788. The maximum absolute atomic E-state index is 11.7. The number of nitrogens with zero attached hydrogens (tertiary/aromatic N) is 2. The van der Waals surface area contributed by atoms with Gasteiger partial charge in [0.1, 0.15) is 5.75 Å². The van der Waals surface area contributed by atoms with Gasteiger partial charge < -0.3 is 14.6 Å². The Morgan fingerprint density at radius 2 is 1.93 bits per heavy atom. The molecule has 7 heteroatoms. The number of ether oxygens (including phenoxy) is 2. The Balaban J connectivity index is 1.82. The molecule has 142 valence electrons. The number of β-amino-alcohol motifs (C(OH)–C–C–N with tert-alkyl or cyclic N) is 1. The summed E-state index contributed by atoms with van der Waals surface area (Å²) < 4.78 is 13.1. The fraction of sp³-hybridized carbons (Fsp3) is 0.350. The number of anilines is 1. The molecule has 0 amide bonds. The average molecular weight is 406 g/mol. The SMILES string of the molecule is COc1ccc(OC)c(N2C[C@@](O)(c3ccc(Cl)cc3)[N+]3=C2SCCC3)c1. The molecule has 0 unspecified atom stereocenters. The lowest BCUT2D eigenvalue weighted by Gasteiger charge is -2.24. The van der Waals surface area contributed by atoms with E-state index in [2.05, 4.69) is 9.48 Å². The van der Waals surface area contributed by atoms with Crippen LogP contribution in [-0.4, -0.2) is 47.9 Å². The van der Waals surface area contributed by atoms with Gasteiger partial charge in [0.05, 0.1) is 20.8 Å². The monoisotopic (exact) mass is 405 g/mol. The minimum atomic E-state index is -1.12. The van der Waals surface area contributed by atoms with Crippen LogP contribution in [0.1, 0.15) is 12.0 Å². The minimum Gasteiger partial charge on any atom is -0.497 e. The average Bonchev–Trinajstić information content (AvgIpc) is 3.02. The maximum Gasteiger partial charge on any atom is 0.316 e. The minimum absolute atomic E-state index is 0.403. The zero-order chi connectivity index (χ0) is 19.0. The predicted octanol–water partition coefficient (Wildman–Crippen LogP) is 3.53. The molecule has 27 heavy (non-hydrogen) atoms. The van der Waals surface area contributed by atoms with Gasteiger partial charge in [-0.25, -0.2) is 9.48 Å². The van der Waals surface area contributed by atoms with Crippen LogP contribution >= 0.6 is 23.4 Å². The van der Waals surface area contributed by atoms with Crippen molar-refractivity contribution in [2.75, 3.05) is 38.0 Å². The van der Waals surface area contributed by atoms with E-state index in [9.17, 15) is 5.11 Å². The van der Waals surface area contributed by atoms with Gasteiger partial charge in [-0.15, -0.1) is 0 Å². The van der Waals surface area contributed by atoms with E-state index >= 15 is 0 Å². The van der Waals surface area contributed by atoms with Crippen molar-refractivity contribution in [3.63, 3.8) is 0 Å². The van der Waals surface area contributed by atoms with Gasteiger partial charge >= 0.3 is 5.17 Å². The molecule has 0 aliphatic carbocycles. The Labute approximate surface area is 168 Å². The summed E-state index contributed by atoms with van der Waals surface area (Å²) >= 11 is 7.81. The third kappa shape index (κ3) is 3.16. The molecule has 0 spiro atoms. The van der Waals surface area contributed by atoms with Gasteiger partial charge in [0.2, 0.25) is 0 Å². The van der Waals surface area contributed by atoms with Crippen molar-refractivity contribution < 1.29 is 19.2 Å². The van der Waals surface area contributed by atoms with Crippen LogP contribution in [0.2, 0.25) is 5.02 Å². The molecular weight excluding hydrogens is 384 g/mol. The highest BCUT2D eigenvalue weighted by Crippen LogP contribution is 2.42. The van der Waals surface area contributed by atoms with Crippen molar-refractivity contribution in [2.24, 2.45) is 0 Å². The van der Waals surface area contributed by atoms with Gasteiger partial charge in [0.25, 0.3) is 5.72 Å². The lowest BCUT2D eigenvalue weighted by molar-refractivity contribution is -0.656. The van der Waals surface area contributed by atoms with E-state index in [0.717, 1.165) is 46.6 Å². The van der Waals surface area contributed by atoms with Crippen LogP contribution in [0.4, 0.5) is 5.69 Å². The first-order valence-electron chi connectivity index (χ1n) is 8.82. The van der Waals surface area contributed by atoms with E-state index in [1.165, 1.54) is 0 Å². The molecule has 0 fully saturated rings. The summed E-state index contributed by atoms with van der Waals surface area (Å²) in [7, 11) is 3.30. The van der Waals surface area contributed by atoms with Crippen molar-refractivity contribution in [1.29, 1.82) is 0 Å². The molecular formula is C20H22ClN2O3S+. The van der Waals surface area contributed by atoms with Crippen LogP contribution in [0.25, 0.3) is 0 Å². The fourth-order valence-corrected chi connectivity index (χ4v) is 4.96. The lowest BCUT2D eigenvalue weighted by Crippen LogP contribution is -2.41. The van der Waals surface area contributed by atoms with Crippen LogP contribution in [0, 0.1) is 0 Å². The molecule has 2 heterocycles. The van der Waals surface area contributed by atoms with E-state index in [1.807, 2.05) is 42.5 Å². The first-order chi connectivity index (χ1) is 13.1. The number of halogens is 1. The van der Waals surface area contributed by atoms with E-state index in [4.69, 9.17) is 21.1 Å². The number of hydrogen-bond acceptors (Lipinski definition) is 5. The zero-order valence-corrected chi connectivity index (χ0v) is 16.9. The normalized spacial score (nSPS) is 22.0. The van der Waals surface area contributed by atoms with Crippen molar-refractivity contribution in [1.82, 2.24) is 0 Å². The van der Waals surface area contributed by atoms with Crippen LogP contribution < -0.4 is 14.4 Å². The van der Waals surface area contributed by atoms with Gasteiger partial charge in [-0.2, -0.15) is 0 Å². The molecule has 0 aromatic heterocycles. The molecule has 5 nitrogen and oxygen atoms in total. The zero-order valence-electron chi connectivity index (χ0n) is 15.3. The molecule has 0 radical (unpaired) electrons. The molecule has 2 aromatic rings. The van der Waals surface area contributed by atoms with E-state index in [-0.39, 0.29) is 0 Å². The van der Waals surface area contributed by atoms with Crippen LogP contribution in [0.3, 0.4) is 0 Å². The van der Waals surface area contributed by atoms with Crippen molar-refractivity contribution in [3.05, 3.63) is 53.1 Å². The van der Waals surface area contributed by atoms with Crippen LogP contribution in [0.15, 0.2) is 42.5 Å². The Bertz CT molecular complexity index is 887. The van der Waals surface area contributed by atoms with E-state index in [0.29, 0.717) is 11.6 Å².